The van der Waals surface area contributed by atoms with Crippen LogP contribution in [0.2, 0.25) is 5.02 Å². The lowest BCUT2D eigenvalue weighted by atomic mass is 10.1. The van der Waals surface area contributed by atoms with Gasteiger partial charge in [0.25, 0.3) is 5.91 Å². The van der Waals surface area contributed by atoms with Crippen molar-refractivity contribution in [2.24, 2.45) is 0 Å². The van der Waals surface area contributed by atoms with Crippen LogP contribution in [0.25, 0.3) is 0 Å². The molecule has 0 bridgehead atoms. The molecule has 0 fully saturated rings. The Bertz CT molecular complexity index is 628. The summed E-state index contributed by atoms with van der Waals surface area (Å²) in [5.41, 5.74) is 0.889. The van der Waals surface area contributed by atoms with Crippen LogP contribution >= 0.6 is 22.9 Å². The minimum atomic E-state index is -0.490. The fourth-order valence-electron chi connectivity index (χ4n) is 1.74. The van der Waals surface area contributed by atoms with Crippen molar-refractivity contribution < 1.29 is 14.3 Å². The quantitative estimate of drug-likeness (QED) is 0.858. The highest BCUT2D eigenvalue weighted by atomic mass is 35.5. The summed E-state index contributed by atoms with van der Waals surface area (Å²) >= 11 is 7.18. The summed E-state index contributed by atoms with van der Waals surface area (Å²) in [6.45, 7) is 1.53. The third-order valence-electron chi connectivity index (χ3n) is 2.78. The van der Waals surface area contributed by atoms with Gasteiger partial charge in [0.1, 0.15) is 4.88 Å². The molecule has 1 N–H and O–H groups in total. The zero-order valence-electron chi connectivity index (χ0n) is 11.3. The molecular weight excluding hydrogens is 310 g/mol. The van der Waals surface area contributed by atoms with Crippen molar-refractivity contribution >= 4 is 34.8 Å². The van der Waals surface area contributed by atoms with Crippen LogP contribution in [-0.4, -0.2) is 18.5 Å². The molecule has 4 nitrogen and oxygen atoms in total. The van der Waals surface area contributed by atoms with E-state index in [0.717, 1.165) is 5.56 Å². The Labute approximate surface area is 131 Å². The van der Waals surface area contributed by atoms with Crippen molar-refractivity contribution in [3.05, 3.63) is 57.2 Å². The van der Waals surface area contributed by atoms with Gasteiger partial charge in [-0.05, 0) is 36.1 Å². The van der Waals surface area contributed by atoms with E-state index in [4.69, 9.17) is 16.3 Å². The van der Waals surface area contributed by atoms with E-state index < -0.39 is 5.97 Å². The molecule has 2 rings (SSSR count). The molecule has 0 aliphatic heterocycles. The van der Waals surface area contributed by atoms with Gasteiger partial charge in [0.2, 0.25) is 0 Å². The second kappa shape index (κ2) is 7.24. The number of ether oxygens (including phenoxy) is 1. The molecule has 1 atom stereocenters. The monoisotopic (exact) mass is 323 g/mol. The number of thiophene rings is 1. The van der Waals surface area contributed by atoms with Crippen LogP contribution in [0.5, 0.6) is 0 Å². The predicted molar refractivity (Wildman–Crippen MR) is 82.6 cm³/mol. The lowest BCUT2D eigenvalue weighted by molar-refractivity contribution is -0.124. The van der Waals surface area contributed by atoms with Gasteiger partial charge in [-0.2, -0.15) is 0 Å². The van der Waals surface area contributed by atoms with Crippen molar-refractivity contribution in [3.63, 3.8) is 0 Å². The number of hydrogen-bond acceptors (Lipinski definition) is 4. The highest BCUT2D eigenvalue weighted by Gasteiger charge is 2.13. The van der Waals surface area contributed by atoms with Crippen LogP contribution in [0.1, 0.15) is 28.2 Å². The Kier molecular flexibility index (Phi) is 5.36. The van der Waals surface area contributed by atoms with Gasteiger partial charge in [-0.15, -0.1) is 11.3 Å². The Balaban J connectivity index is 1.83. The smallest absolute Gasteiger partial charge is 0.348 e. The summed E-state index contributed by atoms with van der Waals surface area (Å²) in [7, 11) is 0. The first kappa shape index (κ1) is 15.5. The van der Waals surface area contributed by atoms with Crippen LogP contribution in [-0.2, 0) is 9.53 Å². The van der Waals surface area contributed by atoms with Crippen LogP contribution in [0.15, 0.2) is 41.8 Å². The number of hydrogen-bond donors (Lipinski definition) is 1. The zero-order valence-corrected chi connectivity index (χ0v) is 12.9. The molecule has 0 saturated carbocycles. The van der Waals surface area contributed by atoms with Gasteiger partial charge in [0, 0.05) is 5.02 Å². The minimum Gasteiger partial charge on any atom is -0.451 e. The molecule has 21 heavy (non-hydrogen) atoms. The Morgan fingerprint density at radius 2 is 2.14 bits per heavy atom. The van der Waals surface area contributed by atoms with E-state index in [1.165, 1.54) is 11.3 Å². The molecule has 2 aromatic rings. The molecular formula is C15H14ClNO3S. The summed E-state index contributed by atoms with van der Waals surface area (Å²) in [4.78, 5) is 23.8. The molecule has 0 saturated heterocycles. The largest absolute Gasteiger partial charge is 0.451 e. The van der Waals surface area contributed by atoms with Crippen molar-refractivity contribution in [2.75, 3.05) is 6.61 Å². The third kappa shape index (κ3) is 4.58. The predicted octanol–water partition coefficient (Wildman–Crippen LogP) is 3.44. The third-order valence-corrected chi connectivity index (χ3v) is 3.87. The molecule has 0 aliphatic rings. The lowest BCUT2D eigenvalue weighted by Crippen LogP contribution is -2.31. The van der Waals surface area contributed by atoms with Gasteiger partial charge in [0.15, 0.2) is 6.61 Å². The summed E-state index contributed by atoms with van der Waals surface area (Å²) in [6, 6.07) is 10.4. The number of amides is 1. The molecule has 1 heterocycles. The molecule has 110 valence electrons. The minimum absolute atomic E-state index is 0.211. The van der Waals surface area contributed by atoms with Gasteiger partial charge < -0.3 is 10.1 Å². The SMILES string of the molecule is C[C@H](NC(=O)COC(=O)c1cccs1)c1cccc(Cl)c1. The van der Waals surface area contributed by atoms with Crippen LogP contribution in [0.4, 0.5) is 0 Å². The van der Waals surface area contributed by atoms with Crippen molar-refractivity contribution in [1.82, 2.24) is 5.32 Å². The average molecular weight is 324 g/mol. The molecule has 1 aromatic carbocycles. The van der Waals surface area contributed by atoms with Gasteiger partial charge in [0.05, 0.1) is 6.04 Å². The van der Waals surface area contributed by atoms with Crippen molar-refractivity contribution in [2.45, 2.75) is 13.0 Å². The number of carbonyl (C=O) groups excluding carboxylic acids is 2. The van der Waals surface area contributed by atoms with Crippen molar-refractivity contribution in [1.29, 1.82) is 0 Å². The van der Waals surface area contributed by atoms with E-state index >= 15 is 0 Å². The maximum Gasteiger partial charge on any atom is 0.348 e. The van der Waals surface area contributed by atoms with Gasteiger partial charge >= 0.3 is 5.97 Å². The Hall–Kier alpha value is -1.85. The average Bonchev–Trinajstić information content (AvgIpc) is 2.99. The summed E-state index contributed by atoms with van der Waals surface area (Å²) < 4.78 is 4.94. The number of nitrogens with one attached hydrogen (secondary N) is 1. The standard InChI is InChI=1S/C15H14ClNO3S/c1-10(11-4-2-5-12(16)8-11)17-14(18)9-20-15(19)13-6-3-7-21-13/h2-8,10H,9H2,1H3,(H,17,18)/t10-/m0/s1. The van der Waals surface area contributed by atoms with E-state index in [1.54, 1.807) is 29.6 Å². The lowest BCUT2D eigenvalue weighted by Gasteiger charge is -2.14. The van der Waals surface area contributed by atoms with Crippen molar-refractivity contribution in [3.8, 4) is 0 Å². The molecule has 0 spiro atoms. The molecule has 0 radical (unpaired) electrons. The van der Waals surface area contributed by atoms with Crippen LogP contribution in [0.3, 0.4) is 0 Å². The first-order valence-corrected chi connectivity index (χ1v) is 7.57. The van der Waals surface area contributed by atoms with E-state index in [-0.39, 0.29) is 18.6 Å². The summed E-state index contributed by atoms with van der Waals surface area (Å²) in [5, 5.41) is 5.14. The van der Waals surface area contributed by atoms with E-state index in [0.29, 0.717) is 9.90 Å². The molecule has 6 heteroatoms. The number of halogens is 1. The van der Waals surface area contributed by atoms with Crippen LogP contribution in [0, 0.1) is 0 Å². The van der Waals surface area contributed by atoms with Gasteiger partial charge in [-0.1, -0.05) is 29.8 Å². The molecule has 0 unspecified atom stereocenters. The second-order valence-corrected chi connectivity index (χ2v) is 5.78. The first-order chi connectivity index (χ1) is 10.1. The Morgan fingerprint density at radius 1 is 1.33 bits per heavy atom. The first-order valence-electron chi connectivity index (χ1n) is 6.31. The zero-order chi connectivity index (χ0) is 15.2. The summed E-state index contributed by atoms with van der Waals surface area (Å²) in [6.07, 6.45) is 0. The second-order valence-electron chi connectivity index (χ2n) is 4.40. The summed E-state index contributed by atoms with van der Waals surface area (Å²) in [5.74, 6) is -0.844. The maximum atomic E-state index is 11.8. The van der Waals surface area contributed by atoms with E-state index in [1.807, 2.05) is 19.1 Å². The normalized spacial score (nSPS) is 11.7. The molecule has 0 aliphatic carbocycles. The number of rotatable bonds is 5. The molecule has 1 aromatic heterocycles. The fourth-order valence-corrected chi connectivity index (χ4v) is 2.55. The topological polar surface area (TPSA) is 55.4 Å². The van der Waals surface area contributed by atoms with Gasteiger partial charge in [-0.25, -0.2) is 4.79 Å². The number of carbonyl (C=O) groups is 2. The Morgan fingerprint density at radius 3 is 2.81 bits per heavy atom. The fraction of sp³-hybridized carbons (Fsp3) is 0.200. The van der Waals surface area contributed by atoms with Crippen LogP contribution < -0.4 is 5.32 Å². The maximum absolute atomic E-state index is 11.8. The van der Waals surface area contributed by atoms with E-state index in [2.05, 4.69) is 5.32 Å². The van der Waals surface area contributed by atoms with Gasteiger partial charge in [-0.3, -0.25) is 4.79 Å². The van der Waals surface area contributed by atoms with E-state index in [9.17, 15) is 9.59 Å². The number of benzene rings is 1. The number of esters is 1. The highest BCUT2D eigenvalue weighted by molar-refractivity contribution is 7.11. The highest BCUT2D eigenvalue weighted by Crippen LogP contribution is 2.17. The molecule has 1 amide bonds.